The van der Waals surface area contributed by atoms with E-state index in [9.17, 15) is 9.59 Å². The van der Waals surface area contributed by atoms with E-state index in [4.69, 9.17) is 0 Å². The fourth-order valence-corrected chi connectivity index (χ4v) is 4.05. The number of fused-ring (bicyclic) bond motifs is 1. The minimum absolute atomic E-state index is 0.173. The molecule has 0 saturated heterocycles. The molecule has 0 aromatic carbocycles. The minimum Gasteiger partial charge on any atom is -0.267 e. The number of rotatable bonds is 6. The molecule has 0 aliphatic carbocycles. The Kier molecular flexibility index (Phi) is 5.33. The van der Waals surface area contributed by atoms with Crippen LogP contribution in [0.25, 0.3) is 0 Å². The van der Waals surface area contributed by atoms with Gasteiger partial charge in [-0.25, -0.2) is 4.52 Å². The Hall–Kier alpha value is -0.880. The highest BCUT2D eigenvalue weighted by atomic mass is 32.2. The second-order valence-corrected chi connectivity index (χ2v) is 9.23. The Labute approximate surface area is 139 Å². The second kappa shape index (κ2) is 6.71. The van der Waals surface area contributed by atoms with E-state index in [1.54, 1.807) is 23.5 Å². The molecule has 0 N–H and O–H groups in total. The topological polar surface area (TPSA) is 43.0 Å². The van der Waals surface area contributed by atoms with E-state index in [0.29, 0.717) is 21.6 Å². The summed E-state index contributed by atoms with van der Waals surface area (Å²) < 4.78 is 3.19. The summed E-state index contributed by atoms with van der Waals surface area (Å²) in [5, 5.41) is 0.975. The molecule has 22 heavy (non-hydrogen) atoms. The number of nitrogens with zero attached hydrogens (tertiary/aromatic N) is 2. The van der Waals surface area contributed by atoms with Crippen LogP contribution in [0.15, 0.2) is 9.59 Å². The highest BCUT2D eigenvalue weighted by molar-refractivity contribution is 7.99. The molecule has 0 atom stereocenters. The lowest BCUT2D eigenvalue weighted by Gasteiger charge is -2.09. The van der Waals surface area contributed by atoms with Gasteiger partial charge in [-0.1, -0.05) is 27.7 Å². The Balaban J connectivity index is 2.63. The molecule has 0 aliphatic rings. The molecule has 0 fully saturated rings. The Morgan fingerprint density at radius 2 is 1.14 bits per heavy atom. The van der Waals surface area contributed by atoms with Crippen LogP contribution in [0.5, 0.6) is 0 Å². The SMILES string of the molecule is Cc1c(CSC(C)C)n2c(CSC(C)C)c(C)c(=O)n2c1=O. The van der Waals surface area contributed by atoms with Crippen LogP contribution < -0.4 is 11.1 Å². The molecule has 2 rings (SSSR count). The summed E-state index contributed by atoms with van der Waals surface area (Å²) in [6.07, 6.45) is 0. The highest BCUT2D eigenvalue weighted by Gasteiger charge is 2.22. The standard InChI is InChI=1S/C16H24N2O2S2/c1-9(2)21-7-13-11(5)15(19)18-16(20)12(6)14(17(13)18)8-22-10(3)4/h9-10H,7-8H2,1-6H3. The van der Waals surface area contributed by atoms with E-state index >= 15 is 0 Å². The molecule has 0 bridgehead atoms. The van der Waals surface area contributed by atoms with Gasteiger partial charge in [-0.15, -0.1) is 0 Å². The first-order chi connectivity index (χ1) is 10.3. The van der Waals surface area contributed by atoms with E-state index in [-0.39, 0.29) is 11.1 Å². The van der Waals surface area contributed by atoms with Gasteiger partial charge in [-0.2, -0.15) is 28.0 Å². The van der Waals surface area contributed by atoms with Gasteiger partial charge in [0, 0.05) is 22.6 Å². The molecule has 0 unspecified atom stereocenters. The quantitative estimate of drug-likeness (QED) is 0.810. The van der Waals surface area contributed by atoms with Crippen molar-refractivity contribution in [3.63, 3.8) is 0 Å². The third-order valence-electron chi connectivity index (χ3n) is 3.71. The molecular weight excluding hydrogens is 316 g/mol. The average molecular weight is 341 g/mol. The minimum atomic E-state index is -0.173. The lowest BCUT2D eigenvalue weighted by molar-refractivity contribution is 0.761. The average Bonchev–Trinajstić information content (AvgIpc) is 2.81. The second-order valence-electron chi connectivity index (χ2n) is 6.10. The number of aromatic nitrogens is 2. The van der Waals surface area contributed by atoms with E-state index in [1.807, 2.05) is 18.4 Å². The van der Waals surface area contributed by atoms with Crippen LogP contribution in [0.4, 0.5) is 0 Å². The highest BCUT2D eigenvalue weighted by Crippen LogP contribution is 2.23. The van der Waals surface area contributed by atoms with Gasteiger partial charge in [-0.3, -0.25) is 9.59 Å². The molecule has 0 amide bonds. The van der Waals surface area contributed by atoms with Gasteiger partial charge in [0.1, 0.15) is 0 Å². The van der Waals surface area contributed by atoms with Crippen LogP contribution in [0.2, 0.25) is 0 Å². The van der Waals surface area contributed by atoms with Crippen molar-refractivity contribution in [2.45, 2.75) is 63.5 Å². The smallest absolute Gasteiger partial charge is 0.267 e. The third kappa shape index (κ3) is 3.08. The van der Waals surface area contributed by atoms with Gasteiger partial charge >= 0.3 is 0 Å². The first-order valence-electron chi connectivity index (χ1n) is 7.57. The van der Waals surface area contributed by atoms with Crippen LogP contribution in [0, 0.1) is 13.8 Å². The predicted octanol–water partition coefficient (Wildman–Crippen LogP) is 3.10. The fourth-order valence-electron chi connectivity index (χ4n) is 2.39. The molecular formula is C16H24N2O2S2. The fraction of sp³-hybridized carbons (Fsp3) is 0.625. The summed E-state index contributed by atoms with van der Waals surface area (Å²) in [6.45, 7) is 12.2. The lowest BCUT2D eigenvalue weighted by atomic mass is 10.2. The summed E-state index contributed by atoms with van der Waals surface area (Å²) >= 11 is 3.59. The zero-order chi connectivity index (χ0) is 16.6. The van der Waals surface area contributed by atoms with Crippen molar-refractivity contribution in [1.29, 1.82) is 0 Å². The van der Waals surface area contributed by atoms with E-state index in [1.165, 1.54) is 4.52 Å². The Morgan fingerprint density at radius 1 is 0.773 bits per heavy atom. The summed E-state index contributed by atoms with van der Waals surface area (Å²) in [5.41, 5.74) is 2.98. The molecule has 0 radical (unpaired) electrons. The van der Waals surface area contributed by atoms with Crippen molar-refractivity contribution in [2.75, 3.05) is 0 Å². The summed E-state index contributed by atoms with van der Waals surface area (Å²) in [5.74, 6) is 1.50. The van der Waals surface area contributed by atoms with Gasteiger partial charge < -0.3 is 0 Å². The van der Waals surface area contributed by atoms with E-state index < -0.39 is 0 Å². The number of hydrogen-bond donors (Lipinski definition) is 0. The molecule has 6 heteroatoms. The molecule has 2 aromatic heterocycles. The maximum absolute atomic E-state index is 12.4. The summed E-state index contributed by atoms with van der Waals surface area (Å²) in [7, 11) is 0. The monoisotopic (exact) mass is 340 g/mol. The molecule has 122 valence electrons. The first-order valence-corrected chi connectivity index (χ1v) is 9.67. The third-order valence-corrected chi connectivity index (χ3v) is 5.92. The van der Waals surface area contributed by atoms with Gasteiger partial charge in [0.2, 0.25) is 0 Å². The van der Waals surface area contributed by atoms with E-state index in [2.05, 4.69) is 27.7 Å². The van der Waals surface area contributed by atoms with Crippen LogP contribution in [-0.4, -0.2) is 19.5 Å². The zero-order valence-electron chi connectivity index (χ0n) is 14.1. The van der Waals surface area contributed by atoms with Gasteiger partial charge in [-0.05, 0) is 24.3 Å². The van der Waals surface area contributed by atoms with E-state index in [0.717, 1.165) is 22.9 Å². The first kappa shape index (κ1) is 17.5. The van der Waals surface area contributed by atoms with Gasteiger partial charge in [0.15, 0.2) is 0 Å². The van der Waals surface area contributed by atoms with Crippen molar-refractivity contribution in [3.05, 3.63) is 43.2 Å². The number of hydrogen-bond acceptors (Lipinski definition) is 4. The summed E-state index contributed by atoms with van der Waals surface area (Å²) in [4.78, 5) is 24.9. The largest absolute Gasteiger partial charge is 0.277 e. The molecule has 2 heterocycles. The van der Waals surface area contributed by atoms with Crippen LogP contribution in [-0.2, 0) is 11.5 Å². The maximum Gasteiger partial charge on any atom is 0.277 e. The molecule has 0 saturated carbocycles. The van der Waals surface area contributed by atoms with Crippen molar-refractivity contribution in [1.82, 2.24) is 9.03 Å². The predicted molar refractivity (Wildman–Crippen MR) is 96.9 cm³/mol. The molecule has 2 aromatic rings. The van der Waals surface area contributed by atoms with Crippen molar-refractivity contribution < 1.29 is 0 Å². The van der Waals surface area contributed by atoms with Crippen molar-refractivity contribution in [3.8, 4) is 0 Å². The van der Waals surface area contributed by atoms with Crippen molar-refractivity contribution >= 4 is 23.5 Å². The number of thioether (sulfide) groups is 2. The van der Waals surface area contributed by atoms with Crippen LogP contribution >= 0.6 is 23.5 Å². The van der Waals surface area contributed by atoms with Crippen LogP contribution in [0.3, 0.4) is 0 Å². The Bertz CT molecular complexity index is 713. The summed E-state index contributed by atoms with van der Waals surface area (Å²) in [6, 6.07) is 0. The van der Waals surface area contributed by atoms with Crippen LogP contribution in [0.1, 0.15) is 50.2 Å². The Morgan fingerprint density at radius 3 is 1.45 bits per heavy atom. The molecule has 0 aliphatic heterocycles. The van der Waals surface area contributed by atoms with Crippen molar-refractivity contribution in [2.24, 2.45) is 0 Å². The zero-order valence-corrected chi connectivity index (χ0v) is 15.7. The van der Waals surface area contributed by atoms with Gasteiger partial charge in [0.05, 0.1) is 11.4 Å². The maximum atomic E-state index is 12.4. The lowest BCUT2D eigenvalue weighted by Crippen LogP contribution is -2.23. The normalized spacial score (nSPS) is 12.2. The van der Waals surface area contributed by atoms with Gasteiger partial charge in [0.25, 0.3) is 11.1 Å². The molecule has 4 nitrogen and oxygen atoms in total. The molecule has 0 spiro atoms.